The highest BCUT2D eigenvalue weighted by Crippen LogP contribution is 2.35. The van der Waals surface area contributed by atoms with Crippen molar-refractivity contribution in [1.29, 1.82) is 0 Å². The van der Waals surface area contributed by atoms with Crippen LogP contribution < -0.4 is 20.3 Å². The number of hydrogen-bond donors (Lipinski definition) is 2. The highest BCUT2D eigenvalue weighted by Gasteiger charge is 2.24. The summed E-state index contributed by atoms with van der Waals surface area (Å²) < 4.78 is 31.5. The number of nitrogens with two attached hydrogens (primary N) is 1. The summed E-state index contributed by atoms with van der Waals surface area (Å²) >= 11 is 0. The van der Waals surface area contributed by atoms with Crippen LogP contribution in [0.5, 0.6) is 11.5 Å². The number of nitrogen functional groups attached to an aromatic ring is 1. The van der Waals surface area contributed by atoms with E-state index in [4.69, 9.17) is 19.7 Å². The van der Waals surface area contributed by atoms with Crippen LogP contribution >= 0.6 is 8.03 Å². The maximum Gasteiger partial charge on any atom is 0.585 e. The minimum Gasteiger partial charge on any atom is -0.489 e. The van der Waals surface area contributed by atoms with Crippen LogP contribution in [0, 0.1) is 0 Å². The summed E-state index contributed by atoms with van der Waals surface area (Å²) in [5.41, 5.74) is 7.57. The van der Waals surface area contributed by atoms with Crippen molar-refractivity contribution in [2.75, 3.05) is 25.2 Å². The third kappa shape index (κ3) is 7.22. The predicted molar refractivity (Wildman–Crippen MR) is 139 cm³/mol. The molecule has 0 aliphatic heterocycles. The molecule has 192 valence electrons. The second-order valence-corrected chi connectivity index (χ2v) is 9.24. The molecule has 2 atom stereocenters. The molecule has 2 unspecified atom stereocenters. The van der Waals surface area contributed by atoms with Crippen molar-refractivity contribution in [1.82, 2.24) is 24.8 Å². The Bertz CT molecular complexity index is 1350. The summed E-state index contributed by atoms with van der Waals surface area (Å²) in [5.74, 6) is 1.01. The fourth-order valence-corrected chi connectivity index (χ4v) is 4.28. The van der Waals surface area contributed by atoms with E-state index in [0.717, 1.165) is 0 Å². The highest BCUT2D eigenvalue weighted by atomic mass is 31.1. The van der Waals surface area contributed by atoms with E-state index in [1.54, 1.807) is 47.3 Å². The molecule has 4 rings (SSSR count). The topological polar surface area (TPSA) is 143 Å². The molecule has 11 nitrogen and oxygen atoms in total. The van der Waals surface area contributed by atoms with Gasteiger partial charge in [-0.3, -0.25) is 4.79 Å². The fraction of sp³-hybridized carbons (Fsp3) is 0.280. The first-order valence-electron chi connectivity index (χ1n) is 11.7. The number of aromatic nitrogens is 4. The van der Waals surface area contributed by atoms with Crippen LogP contribution in [0.4, 0.5) is 5.82 Å². The zero-order valence-corrected chi connectivity index (χ0v) is 21.2. The van der Waals surface area contributed by atoms with Crippen molar-refractivity contribution in [3.05, 3.63) is 72.8 Å². The number of nitrogens with zero attached hydrogens (tertiary/aromatic N) is 4. The van der Waals surface area contributed by atoms with Crippen LogP contribution in [0.25, 0.3) is 11.2 Å². The SMILES string of the molecule is CC(Cn1cnc2c(N)ncnc21)OC[P+](=O)Oc1ccccc1OCCCNC(=O)c1ccccc1. The van der Waals surface area contributed by atoms with Gasteiger partial charge in [0.25, 0.3) is 12.3 Å². The Hall–Kier alpha value is -4.08. The molecule has 4 aromatic rings. The van der Waals surface area contributed by atoms with E-state index in [-0.39, 0.29) is 18.4 Å². The van der Waals surface area contributed by atoms with Crippen LogP contribution in [0.3, 0.4) is 0 Å². The molecule has 2 aromatic heterocycles. The number of fused-ring (bicyclic) bond motifs is 1. The lowest BCUT2D eigenvalue weighted by Crippen LogP contribution is -2.25. The molecule has 0 aliphatic rings. The number of para-hydroxylation sites is 2. The third-order valence-electron chi connectivity index (χ3n) is 5.30. The van der Waals surface area contributed by atoms with E-state index in [2.05, 4.69) is 20.3 Å². The van der Waals surface area contributed by atoms with E-state index in [0.29, 0.717) is 60.2 Å². The summed E-state index contributed by atoms with van der Waals surface area (Å²) in [7, 11) is -2.14. The van der Waals surface area contributed by atoms with Crippen LogP contribution in [-0.2, 0) is 15.8 Å². The van der Waals surface area contributed by atoms with E-state index < -0.39 is 8.03 Å². The summed E-state index contributed by atoms with van der Waals surface area (Å²) in [5, 5.41) is 2.86. The molecule has 0 aliphatic carbocycles. The predicted octanol–water partition coefficient (Wildman–Crippen LogP) is 3.79. The molecular weight excluding hydrogens is 495 g/mol. The Kier molecular flexibility index (Phi) is 8.96. The van der Waals surface area contributed by atoms with Crippen molar-refractivity contribution in [3.8, 4) is 11.5 Å². The van der Waals surface area contributed by atoms with Crippen molar-refractivity contribution >= 4 is 30.9 Å². The molecular formula is C25H28N6O5P+. The smallest absolute Gasteiger partial charge is 0.489 e. The summed E-state index contributed by atoms with van der Waals surface area (Å²) in [6.07, 6.45) is 3.21. The van der Waals surface area contributed by atoms with Crippen molar-refractivity contribution in [3.63, 3.8) is 0 Å². The summed E-state index contributed by atoms with van der Waals surface area (Å²) in [4.78, 5) is 24.5. The van der Waals surface area contributed by atoms with E-state index in [9.17, 15) is 9.36 Å². The van der Waals surface area contributed by atoms with Gasteiger partial charge in [0, 0.05) is 12.1 Å². The molecule has 12 heteroatoms. The zero-order chi connectivity index (χ0) is 26.0. The maximum atomic E-state index is 12.6. The quantitative estimate of drug-likeness (QED) is 0.198. The lowest BCUT2D eigenvalue weighted by Gasteiger charge is -2.11. The van der Waals surface area contributed by atoms with Gasteiger partial charge in [0.2, 0.25) is 5.75 Å². The number of benzene rings is 2. The number of carbonyl (C=O) groups is 1. The van der Waals surface area contributed by atoms with Gasteiger partial charge in [-0.1, -0.05) is 30.3 Å². The van der Waals surface area contributed by atoms with E-state index >= 15 is 0 Å². The van der Waals surface area contributed by atoms with Gasteiger partial charge in [0.1, 0.15) is 11.8 Å². The van der Waals surface area contributed by atoms with Gasteiger partial charge in [-0.25, -0.2) is 19.5 Å². The number of ether oxygens (including phenoxy) is 2. The van der Waals surface area contributed by atoms with Gasteiger partial charge in [0.05, 0.1) is 25.6 Å². The number of imidazole rings is 1. The molecule has 0 bridgehead atoms. The number of anilines is 1. The second-order valence-electron chi connectivity index (χ2n) is 8.13. The van der Waals surface area contributed by atoms with Crippen LogP contribution in [-0.4, -0.2) is 51.0 Å². The molecule has 0 fully saturated rings. The largest absolute Gasteiger partial charge is 0.585 e. The average Bonchev–Trinajstić information content (AvgIpc) is 3.32. The fourth-order valence-electron chi connectivity index (χ4n) is 3.48. The molecule has 37 heavy (non-hydrogen) atoms. The summed E-state index contributed by atoms with van der Waals surface area (Å²) in [6, 6.07) is 16.0. The van der Waals surface area contributed by atoms with Gasteiger partial charge in [-0.2, -0.15) is 0 Å². The van der Waals surface area contributed by atoms with Gasteiger partial charge < -0.3 is 25.1 Å². The Morgan fingerprint density at radius 2 is 1.84 bits per heavy atom. The van der Waals surface area contributed by atoms with Crippen LogP contribution in [0.2, 0.25) is 0 Å². The normalized spacial score (nSPS) is 12.2. The van der Waals surface area contributed by atoms with E-state index in [1.807, 2.05) is 25.1 Å². The number of carbonyl (C=O) groups excluding carboxylic acids is 1. The van der Waals surface area contributed by atoms with Crippen LogP contribution in [0.1, 0.15) is 23.7 Å². The molecule has 1 amide bonds. The summed E-state index contributed by atoms with van der Waals surface area (Å²) in [6.45, 7) is 3.11. The number of rotatable bonds is 13. The third-order valence-corrected chi connectivity index (χ3v) is 6.06. The first-order chi connectivity index (χ1) is 18.0. The van der Waals surface area contributed by atoms with Crippen molar-refractivity contribution < 1.29 is 23.4 Å². The van der Waals surface area contributed by atoms with Crippen LogP contribution in [0.15, 0.2) is 67.3 Å². The Morgan fingerprint density at radius 3 is 2.65 bits per heavy atom. The molecule has 0 radical (unpaired) electrons. The maximum absolute atomic E-state index is 12.6. The van der Waals surface area contributed by atoms with E-state index in [1.165, 1.54) is 6.33 Å². The van der Waals surface area contributed by atoms with Gasteiger partial charge in [0.15, 0.2) is 17.2 Å². The highest BCUT2D eigenvalue weighted by molar-refractivity contribution is 7.39. The Balaban J connectivity index is 1.20. The molecule has 0 saturated heterocycles. The van der Waals surface area contributed by atoms with Gasteiger partial charge in [-0.15, -0.1) is 0 Å². The number of amides is 1. The number of nitrogens with one attached hydrogen (secondary N) is 1. The van der Waals surface area contributed by atoms with Crippen molar-refractivity contribution in [2.24, 2.45) is 0 Å². The minimum absolute atomic E-state index is 0.0971. The molecule has 2 heterocycles. The molecule has 0 saturated carbocycles. The standard InChI is InChI=1S/C25H27N6O5P/c1-18(14-31-16-30-22-23(26)28-15-29-24(22)31)35-17-37(33)36-21-11-6-5-10-20(21)34-13-7-12-27-25(32)19-8-3-2-4-9-19/h2-6,8-11,15-16,18H,7,12-14,17H2,1H3,(H2-,26,27,28,29,32)/p+1. The lowest BCUT2D eigenvalue weighted by molar-refractivity contribution is 0.0851. The minimum atomic E-state index is -2.14. The Morgan fingerprint density at radius 1 is 1.08 bits per heavy atom. The average molecular weight is 524 g/mol. The zero-order valence-electron chi connectivity index (χ0n) is 20.3. The molecule has 2 aromatic carbocycles. The number of hydrogen-bond acceptors (Lipinski definition) is 9. The molecule has 3 N–H and O–H groups in total. The Labute approximate surface area is 214 Å². The van der Waals surface area contributed by atoms with Gasteiger partial charge in [-0.05, 0) is 42.2 Å². The van der Waals surface area contributed by atoms with Gasteiger partial charge >= 0.3 is 8.03 Å². The monoisotopic (exact) mass is 523 g/mol. The lowest BCUT2D eigenvalue weighted by atomic mass is 10.2. The first-order valence-corrected chi connectivity index (χ1v) is 13.1. The second kappa shape index (κ2) is 12.8. The van der Waals surface area contributed by atoms with Crippen molar-refractivity contribution in [2.45, 2.75) is 26.0 Å². The molecule has 0 spiro atoms. The first kappa shape index (κ1) is 26.0.